The molecule has 0 spiro atoms. The number of anilines is 2. The zero-order chi connectivity index (χ0) is 30.0. The zero-order valence-electron chi connectivity index (χ0n) is 25.1. The van der Waals surface area contributed by atoms with Gasteiger partial charge in [-0.05, 0) is 96.1 Å². The summed E-state index contributed by atoms with van der Waals surface area (Å²) in [6.07, 6.45) is 3.07. The van der Waals surface area contributed by atoms with Gasteiger partial charge in [-0.25, -0.2) is 4.98 Å². The van der Waals surface area contributed by atoms with Crippen LogP contribution in [-0.4, -0.2) is 90.0 Å². The topological polar surface area (TPSA) is 138 Å². The van der Waals surface area contributed by atoms with Gasteiger partial charge in [-0.3, -0.25) is 14.6 Å². The minimum absolute atomic E-state index is 0.00889. The van der Waals surface area contributed by atoms with Gasteiger partial charge in [0.2, 0.25) is 5.91 Å². The Balaban J connectivity index is 1.57. The summed E-state index contributed by atoms with van der Waals surface area (Å²) in [7, 11) is 4.01. The molecule has 2 aliphatic rings. The number of nitrogens with one attached hydrogen (secondary N) is 1. The van der Waals surface area contributed by atoms with E-state index in [1.165, 1.54) is 0 Å². The molecule has 1 atom stereocenters. The number of hydrogen-bond acceptors (Lipinski definition) is 6. The number of nitrogens with two attached hydrogens (primary N) is 2. The predicted molar refractivity (Wildman–Crippen MR) is 169 cm³/mol. The summed E-state index contributed by atoms with van der Waals surface area (Å²) in [4.78, 5) is 42.9. The highest BCUT2D eigenvalue weighted by atomic mass is 16.2. The first kappa shape index (κ1) is 29.4. The van der Waals surface area contributed by atoms with Gasteiger partial charge in [0.25, 0.3) is 5.91 Å². The second kappa shape index (κ2) is 12.4. The molecule has 3 aromatic rings. The van der Waals surface area contributed by atoms with Crippen molar-refractivity contribution in [1.29, 1.82) is 0 Å². The Bertz CT molecular complexity index is 1480. The molecule has 2 amide bonds. The molecule has 2 aliphatic heterocycles. The Kier molecular flexibility index (Phi) is 8.67. The summed E-state index contributed by atoms with van der Waals surface area (Å²) < 4.78 is 2.02. The first-order valence-electron chi connectivity index (χ1n) is 14.9. The number of amides is 2. The molecule has 1 aromatic heterocycles. The maximum atomic E-state index is 13.7. The van der Waals surface area contributed by atoms with E-state index < -0.39 is 6.04 Å². The number of aliphatic imine (C=N–C) groups is 1. The fraction of sp³-hybridized carbons (Fsp3) is 0.484. The van der Waals surface area contributed by atoms with E-state index >= 15 is 0 Å². The number of benzene rings is 2. The summed E-state index contributed by atoms with van der Waals surface area (Å²) >= 11 is 0. The van der Waals surface area contributed by atoms with Crippen LogP contribution in [-0.2, 0) is 4.79 Å². The Morgan fingerprint density at radius 3 is 2.55 bits per heavy atom. The lowest BCUT2D eigenvalue weighted by molar-refractivity contribution is -0.119. The van der Waals surface area contributed by atoms with E-state index in [2.05, 4.69) is 47.1 Å². The van der Waals surface area contributed by atoms with Gasteiger partial charge in [0.1, 0.15) is 11.9 Å². The molecule has 1 unspecified atom stereocenters. The molecule has 0 bridgehead atoms. The van der Waals surface area contributed by atoms with Crippen LogP contribution in [0.1, 0.15) is 55.9 Å². The van der Waals surface area contributed by atoms with E-state index in [1.807, 2.05) is 46.8 Å². The van der Waals surface area contributed by atoms with Gasteiger partial charge >= 0.3 is 0 Å². The molecule has 1 saturated heterocycles. The van der Waals surface area contributed by atoms with Crippen LogP contribution in [0.25, 0.3) is 22.4 Å². The van der Waals surface area contributed by atoms with Crippen LogP contribution >= 0.6 is 0 Å². The highest BCUT2D eigenvalue weighted by molar-refractivity contribution is 6.03. The zero-order valence-corrected chi connectivity index (χ0v) is 25.1. The lowest BCUT2D eigenvalue weighted by atomic mass is 10.0. The molecule has 5 rings (SSSR count). The molecule has 224 valence electrons. The van der Waals surface area contributed by atoms with E-state index in [0.29, 0.717) is 36.3 Å². The fourth-order valence-corrected chi connectivity index (χ4v) is 6.19. The Morgan fingerprint density at radius 1 is 1.12 bits per heavy atom. The third-order valence-electron chi connectivity index (χ3n) is 8.67. The van der Waals surface area contributed by atoms with E-state index in [-0.39, 0.29) is 23.8 Å². The molecular weight excluding hydrogens is 530 g/mol. The number of hydrogen-bond donors (Lipinski definition) is 3. The molecule has 42 heavy (non-hydrogen) atoms. The third-order valence-corrected chi connectivity index (χ3v) is 8.67. The van der Waals surface area contributed by atoms with E-state index in [9.17, 15) is 9.59 Å². The van der Waals surface area contributed by atoms with Crippen molar-refractivity contribution >= 4 is 40.2 Å². The first-order chi connectivity index (χ1) is 20.2. The van der Waals surface area contributed by atoms with Gasteiger partial charge < -0.3 is 36.1 Å². The van der Waals surface area contributed by atoms with Crippen LogP contribution in [0.15, 0.2) is 41.4 Å². The number of aromatic nitrogens is 2. The van der Waals surface area contributed by atoms with Crippen molar-refractivity contribution < 1.29 is 9.59 Å². The monoisotopic (exact) mass is 573 g/mol. The molecule has 0 aliphatic carbocycles. The molecule has 0 radical (unpaired) electrons. The molecule has 3 heterocycles. The fourth-order valence-electron chi connectivity index (χ4n) is 6.19. The summed E-state index contributed by atoms with van der Waals surface area (Å²) in [6.45, 7) is 8.37. The Morgan fingerprint density at radius 2 is 1.86 bits per heavy atom. The van der Waals surface area contributed by atoms with Gasteiger partial charge in [0, 0.05) is 49.5 Å². The molecule has 5 N–H and O–H groups in total. The average Bonchev–Trinajstić information content (AvgIpc) is 3.31. The Labute approximate surface area is 247 Å². The number of carbonyl (C=O) groups excluding carboxylic acids is 2. The predicted octanol–water partition coefficient (Wildman–Crippen LogP) is 3.26. The Hall–Kier alpha value is -4.12. The van der Waals surface area contributed by atoms with Crippen LogP contribution in [0.2, 0.25) is 0 Å². The number of nitrogens with zero attached hydrogens (tertiary/aromatic N) is 6. The van der Waals surface area contributed by atoms with Gasteiger partial charge in [-0.2, -0.15) is 0 Å². The maximum absolute atomic E-state index is 13.7. The van der Waals surface area contributed by atoms with Crippen molar-refractivity contribution in [3.8, 4) is 11.4 Å². The van der Waals surface area contributed by atoms with E-state index in [4.69, 9.17) is 16.5 Å². The van der Waals surface area contributed by atoms with Crippen molar-refractivity contribution in [2.75, 3.05) is 57.0 Å². The van der Waals surface area contributed by atoms with E-state index in [1.54, 1.807) is 0 Å². The summed E-state index contributed by atoms with van der Waals surface area (Å²) in [5.41, 5.74) is 15.8. The van der Waals surface area contributed by atoms with Crippen LogP contribution in [0.3, 0.4) is 0 Å². The quantitative estimate of drug-likeness (QED) is 0.203. The largest absolute Gasteiger partial charge is 0.372 e. The normalized spacial score (nSPS) is 17.2. The standard InChI is InChI=1S/C31H43N9O2/c1-5-39(6-2)22-10-11-24-23(19-22)28-35-25-18-20(30(42)38(4)21-13-16-37(3)17-14-21)9-12-26(25)40(28)27(29(41)36-24)8-7-15-34-31(32)33/h9-12,18-19,21,27H,5-8,13-17H2,1-4H3,(H,36,41)(H4,32,33,34). The molecule has 2 aromatic carbocycles. The summed E-state index contributed by atoms with van der Waals surface area (Å²) in [5, 5.41) is 3.14. The number of imidazole rings is 1. The number of likely N-dealkylation sites (tertiary alicyclic amines) is 1. The second-order valence-electron chi connectivity index (χ2n) is 11.3. The number of carbonyl (C=O) groups is 2. The lowest BCUT2D eigenvalue weighted by Crippen LogP contribution is -2.44. The third kappa shape index (κ3) is 5.78. The smallest absolute Gasteiger partial charge is 0.253 e. The highest BCUT2D eigenvalue weighted by Gasteiger charge is 2.32. The highest BCUT2D eigenvalue weighted by Crippen LogP contribution is 2.40. The van der Waals surface area contributed by atoms with Crippen molar-refractivity contribution in [2.45, 2.75) is 51.6 Å². The van der Waals surface area contributed by atoms with Gasteiger partial charge in [-0.15, -0.1) is 0 Å². The summed E-state index contributed by atoms with van der Waals surface area (Å²) in [6, 6.07) is 11.4. The van der Waals surface area contributed by atoms with E-state index in [0.717, 1.165) is 61.5 Å². The second-order valence-corrected chi connectivity index (χ2v) is 11.3. The molecular formula is C31H43N9O2. The number of piperidine rings is 1. The number of guanidine groups is 1. The average molecular weight is 574 g/mol. The van der Waals surface area contributed by atoms with Gasteiger partial charge in [-0.1, -0.05) is 0 Å². The summed E-state index contributed by atoms with van der Waals surface area (Å²) in [5.74, 6) is 0.613. The molecule has 0 saturated carbocycles. The molecule has 11 heteroatoms. The van der Waals surface area contributed by atoms with Gasteiger partial charge in [0.05, 0.1) is 16.7 Å². The van der Waals surface area contributed by atoms with Crippen LogP contribution in [0.4, 0.5) is 11.4 Å². The number of fused-ring (bicyclic) bond motifs is 5. The van der Waals surface area contributed by atoms with Crippen LogP contribution < -0.4 is 21.7 Å². The van der Waals surface area contributed by atoms with Gasteiger partial charge in [0.15, 0.2) is 5.96 Å². The first-order valence-corrected chi connectivity index (χ1v) is 14.9. The van der Waals surface area contributed by atoms with Crippen LogP contribution in [0.5, 0.6) is 0 Å². The van der Waals surface area contributed by atoms with Crippen molar-refractivity contribution in [3.63, 3.8) is 0 Å². The lowest BCUT2D eigenvalue weighted by Gasteiger charge is -2.35. The van der Waals surface area contributed by atoms with Crippen molar-refractivity contribution in [1.82, 2.24) is 19.4 Å². The van der Waals surface area contributed by atoms with Crippen molar-refractivity contribution in [3.05, 3.63) is 42.0 Å². The minimum atomic E-state index is -0.521. The SMILES string of the molecule is CCN(CC)c1ccc2c(c1)-c1nc3cc(C(=O)N(C)C4CCN(C)CC4)ccc3n1C(CCCN=C(N)N)C(=O)N2. The molecule has 1 fully saturated rings. The minimum Gasteiger partial charge on any atom is -0.372 e. The number of rotatable bonds is 9. The maximum Gasteiger partial charge on any atom is 0.253 e. The molecule has 11 nitrogen and oxygen atoms in total. The van der Waals surface area contributed by atoms with Crippen molar-refractivity contribution in [2.24, 2.45) is 16.5 Å². The van der Waals surface area contributed by atoms with Crippen LogP contribution in [0, 0.1) is 0 Å².